The highest BCUT2D eigenvalue weighted by Crippen LogP contribution is 2.46. The summed E-state index contributed by atoms with van der Waals surface area (Å²) in [6.45, 7) is 0. The van der Waals surface area contributed by atoms with Gasteiger partial charge in [-0.25, -0.2) is 4.79 Å². The van der Waals surface area contributed by atoms with Gasteiger partial charge in [0.1, 0.15) is 5.92 Å². The molecule has 0 saturated carbocycles. The highest BCUT2D eigenvalue weighted by atomic mass is 31.2. The van der Waals surface area contributed by atoms with Crippen LogP contribution in [0.25, 0.3) is 0 Å². The minimum absolute atomic E-state index is 2.10. The maximum atomic E-state index is 10.8. The first kappa shape index (κ1) is 15.5. The topological polar surface area (TPSA) is 190 Å². The summed E-state index contributed by atoms with van der Waals surface area (Å²) in [6.07, 6.45) is -2.75. The Bertz CT molecular complexity index is 382. The normalized spacial score (nSPS) is 16.9. The molecule has 0 radical (unpaired) electrons. The molecule has 0 saturated heterocycles. The predicted molar refractivity (Wildman–Crippen MR) is 48.2 cm³/mol. The summed E-state index contributed by atoms with van der Waals surface area (Å²) < 4.78 is 10.8. The molecule has 0 aromatic carbocycles. The third-order valence-electron chi connectivity index (χ3n) is 1.83. The summed E-state index contributed by atoms with van der Waals surface area (Å²) in [5.41, 5.74) is -2.84. The zero-order chi connectivity index (χ0) is 14.0. The van der Waals surface area contributed by atoms with Gasteiger partial charge in [-0.2, -0.15) is 0 Å². The van der Waals surface area contributed by atoms with Crippen molar-refractivity contribution in [2.24, 2.45) is 5.92 Å². The molecule has 0 aliphatic carbocycles. The van der Waals surface area contributed by atoms with Crippen molar-refractivity contribution in [2.45, 2.75) is 11.8 Å². The maximum Gasteiger partial charge on any atom is 0.340 e. The Morgan fingerprint density at radius 1 is 0.882 bits per heavy atom. The summed E-state index contributed by atoms with van der Waals surface area (Å²) >= 11 is 0. The van der Waals surface area contributed by atoms with Crippen molar-refractivity contribution in [3.8, 4) is 0 Å². The van der Waals surface area contributed by atoms with E-state index in [1.165, 1.54) is 0 Å². The fraction of sp³-hybridized carbons (Fsp3) is 0.500. The van der Waals surface area contributed by atoms with Crippen LogP contribution in [0.2, 0.25) is 0 Å². The number of aliphatic hydroxyl groups excluding tert-OH is 1. The lowest BCUT2D eigenvalue weighted by Crippen LogP contribution is -2.45. The van der Waals surface area contributed by atoms with E-state index in [0.717, 1.165) is 0 Å². The number of rotatable bonds is 6. The van der Waals surface area contributed by atoms with Crippen LogP contribution in [-0.4, -0.2) is 59.9 Å². The van der Waals surface area contributed by atoms with Crippen molar-refractivity contribution >= 4 is 25.5 Å². The summed E-state index contributed by atoms with van der Waals surface area (Å²) in [6, 6.07) is 0. The number of hydrogen-bond donors (Lipinski definition) is 6. The lowest BCUT2D eigenvalue weighted by atomic mass is 9.98. The van der Waals surface area contributed by atoms with Gasteiger partial charge in [-0.15, -0.1) is 0 Å². The Kier molecular flexibility index (Phi) is 4.78. The summed E-state index contributed by atoms with van der Waals surface area (Å²) in [7, 11) is -5.44. The molecular weight excluding hydrogens is 263 g/mol. The van der Waals surface area contributed by atoms with E-state index in [4.69, 9.17) is 30.2 Å². The fourth-order valence-corrected chi connectivity index (χ4v) is 2.10. The van der Waals surface area contributed by atoms with Crippen LogP contribution in [0, 0.1) is 5.92 Å². The SMILES string of the molecule is O=C(O)C(O)C(C(=O)O)C(C(=O)O)P(=O)(O)O. The van der Waals surface area contributed by atoms with Crippen molar-refractivity contribution in [1.29, 1.82) is 0 Å². The highest BCUT2D eigenvalue weighted by molar-refractivity contribution is 7.53. The largest absolute Gasteiger partial charge is 0.481 e. The fourth-order valence-electron chi connectivity index (χ4n) is 1.10. The van der Waals surface area contributed by atoms with Gasteiger partial charge >= 0.3 is 25.5 Å². The van der Waals surface area contributed by atoms with Gasteiger partial charge in [0.05, 0.1) is 0 Å². The smallest absolute Gasteiger partial charge is 0.340 e. The number of aliphatic hydroxyl groups is 1. The van der Waals surface area contributed by atoms with Crippen molar-refractivity contribution in [3.05, 3.63) is 0 Å². The molecule has 0 bridgehead atoms. The zero-order valence-corrected chi connectivity index (χ0v) is 8.89. The van der Waals surface area contributed by atoms with Crippen LogP contribution in [-0.2, 0) is 18.9 Å². The van der Waals surface area contributed by atoms with Crippen molar-refractivity contribution < 1.29 is 49.2 Å². The van der Waals surface area contributed by atoms with Crippen molar-refractivity contribution in [2.75, 3.05) is 0 Å². The lowest BCUT2D eigenvalue weighted by molar-refractivity contribution is -0.162. The van der Waals surface area contributed by atoms with Gasteiger partial charge in [-0.1, -0.05) is 0 Å². The molecule has 0 rings (SSSR count). The van der Waals surface area contributed by atoms with Crippen LogP contribution in [0.1, 0.15) is 0 Å². The van der Waals surface area contributed by atoms with Gasteiger partial charge in [-0.05, 0) is 0 Å². The van der Waals surface area contributed by atoms with E-state index in [9.17, 15) is 18.9 Å². The molecule has 0 aromatic heterocycles. The van der Waals surface area contributed by atoms with Crippen LogP contribution in [0.4, 0.5) is 0 Å². The van der Waals surface area contributed by atoms with Crippen molar-refractivity contribution in [1.82, 2.24) is 0 Å². The molecule has 0 aromatic rings. The molecule has 17 heavy (non-hydrogen) atoms. The molecule has 0 amide bonds. The Hall–Kier alpha value is -1.48. The van der Waals surface area contributed by atoms with Gasteiger partial charge < -0.3 is 30.2 Å². The molecule has 0 spiro atoms. The molecule has 0 fully saturated rings. The van der Waals surface area contributed by atoms with Crippen molar-refractivity contribution in [3.63, 3.8) is 0 Å². The Labute approximate surface area is 93.3 Å². The third-order valence-corrected chi connectivity index (χ3v) is 3.10. The number of carboxylic acids is 3. The van der Waals surface area contributed by atoms with E-state index >= 15 is 0 Å². The number of carbonyl (C=O) groups is 3. The average molecular weight is 272 g/mol. The molecule has 0 heterocycles. The second-order valence-corrected chi connectivity index (χ2v) is 4.75. The van der Waals surface area contributed by atoms with Crippen LogP contribution in [0.5, 0.6) is 0 Å². The molecule has 3 unspecified atom stereocenters. The standard InChI is InChI=1S/C6H9O10P/c7-2(5(10)11)1(4(8)9)3(6(12)13)17(14,15)16/h1-3,7H,(H,8,9)(H,10,11)(H,12,13)(H2,14,15,16). The first-order valence-corrected chi connectivity index (χ1v) is 5.60. The van der Waals surface area contributed by atoms with Crippen LogP contribution >= 0.6 is 7.60 Å². The number of aliphatic carboxylic acids is 3. The van der Waals surface area contributed by atoms with E-state index in [1.54, 1.807) is 0 Å². The van der Waals surface area contributed by atoms with Crippen LogP contribution in [0.3, 0.4) is 0 Å². The molecular formula is C6H9O10P. The molecule has 11 heteroatoms. The third kappa shape index (κ3) is 3.79. The van der Waals surface area contributed by atoms with E-state index in [1.807, 2.05) is 0 Å². The second-order valence-electron chi connectivity index (χ2n) is 3.02. The zero-order valence-electron chi connectivity index (χ0n) is 8.00. The van der Waals surface area contributed by atoms with E-state index < -0.39 is 43.2 Å². The van der Waals surface area contributed by atoms with E-state index in [-0.39, 0.29) is 0 Å². The van der Waals surface area contributed by atoms with Gasteiger partial charge in [-0.3, -0.25) is 14.2 Å². The summed E-state index contributed by atoms with van der Waals surface area (Å²) in [5.74, 6) is -9.12. The molecule has 0 aliphatic heterocycles. The van der Waals surface area contributed by atoms with E-state index in [2.05, 4.69) is 0 Å². The first-order chi connectivity index (χ1) is 7.50. The number of carboxylic acid groups (broad SMARTS) is 3. The summed E-state index contributed by atoms with van der Waals surface area (Å²) in [5, 5.41) is 34.3. The lowest BCUT2D eigenvalue weighted by Gasteiger charge is -2.22. The molecule has 6 N–H and O–H groups in total. The second kappa shape index (κ2) is 5.23. The molecule has 98 valence electrons. The minimum atomic E-state index is -5.44. The Morgan fingerprint density at radius 3 is 1.47 bits per heavy atom. The van der Waals surface area contributed by atoms with Gasteiger partial charge in [0, 0.05) is 0 Å². The van der Waals surface area contributed by atoms with E-state index in [0.29, 0.717) is 0 Å². The quantitative estimate of drug-likeness (QED) is 0.288. The number of hydrogen-bond acceptors (Lipinski definition) is 5. The highest BCUT2D eigenvalue weighted by Gasteiger charge is 2.51. The van der Waals surface area contributed by atoms with Crippen LogP contribution in [0.15, 0.2) is 0 Å². The molecule has 10 nitrogen and oxygen atoms in total. The first-order valence-electron chi connectivity index (χ1n) is 3.91. The summed E-state index contributed by atoms with van der Waals surface area (Å²) in [4.78, 5) is 48.8. The maximum absolute atomic E-state index is 10.8. The monoisotopic (exact) mass is 272 g/mol. The van der Waals surface area contributed by atoms with Gasteiger partial charge in [0.2, 0.25) is 0 Å². The molecule has 0 aliphatic rings. The minimum Gasteiger partial charge on any atom is -0.481 e. The Morgan fingerprint density at radius 2 is 1.29 bits per heavy atom. The van der Waals surface area contributed by atoms with Crippen LogP contribution < -0.4 is 0 Å². The predicted octanol–water partition coefficient (Wildman–Crippen LogP) is -2.24. The van der Waals surface area contributed by atoms with Gasteiger partial charge in [0.15, 0.2) is 11.8 Å². The average Bonchev–Trinajstić information content (AvgIpc) is 2.09. The molecule has 3 atom stereocenters. The Balaban J connectivity index is 5.57. The van der Waals surface area contributed by atoms with Gasteiger partial charge in [0.25, 0.3) is 0 Å².